The number of fused-ring (bicyclic) bond motifs is 1. The summed E-state index contributed by atoms with van der Waals surface area (Å²) in [6.45, 7) is -5.04. The van der Waals surface area contributed by atoms with Crippen molar-refractivity contribution in [2.75, 3.05) is 0 Å². The van der Waals surface area contributed by atoms with Gasteiger partial charge in [0.05, 0.1) is 0 Å². The first kappa shape index (κ1) is 14.5. The second kappa shape index (κ2) is 5.42. The van der Waals surface area contributed by atoms with Crippen molar-refractivity contribution in [2.24, 2.45) is 0 Å². The van der Waals surface area contributed by atoms with Gasteiger partial charge in [-0.15, -0.1) is 0 Å². The molecule has 6 heteroatoms. The van der Waals surface area contributed by atoms with Crippen LogP contribution in [0.4, 0.5) is 12.9 Å². The molecule has 0 aliphatic carbocycles. The van der Waals surface area contributed by atoms with Gasteiger partial charge in [0.15, 0.2) is 0 Å². The third kappa shape index (κ3) is 3.03. The van der Waals surface area contributed by atoms with Crippen LogP contribution in [0.15, 0.2) is 36.4 Å². The van der Waals surface area contributed by atoms with Crippen LogP contribution in [-0.4, -0.2) is 6.98 Å². The van der Waals surface area contributed by atoms with Gasteiger partial charge in [-0.2, -0.15) is 0 Å². The second-order valence-corrected chi connectivity index (χ2v) is 3.70. The molecule has 0 N–H and O–H groups in total. The number of hydrogen-bond acceptors (Lipinski definition) is 0. The molecule has 0 unspecified atom stereocenters. The second-order valence-electron chi connectivity index (χ2n) is 3.30. The van der Waals surface area contributed by atoms with Gasteiger partial charge in [-0.3, -0.25) is 0 Å². The van der Waals surface area contributed by atoms with E-state index in [1.807, 2.05) is 0 Å². The van der Waals surface area contributed by atoms with E-state index in [0.29, 0.717) is 10.8 Å². The molecule has 0 bridgehead atoms. The predicted octanol–water partition coefficient (Wildman–Crippen LogP) is 0.552. The van der Waals surface area contributed by atoms with Crippen molar-refractivity contribution in [3.8, 4) is 0 Å². The quantitative estimate of drug-likeness (QED) is 0.663. The van der Waals surface area contributed by atoms with Crippen molar-refractivity contribution >= 4 is 34.8 Å². The van der Waals surface area contributed by atoms with Crippen molar-refractivity contribution in [2.45, 2.75) is 0 Å². The molecule has 16 heavy (non-hydrogen) atoms. The monoisotopic (exact) mass is 268 g/mol. The molecule has 0 aromatic heterocycles. The van der Waals surface area contributed by atoms with Crippen LogP contribution in [0.3, 0.4) is 0 Å². The number of halogens is 4. The van der Waals surface area contributed by atoms with Crippen LogP contribution >= 0.6 is 11.6 Å². The SMILES string of the molecule is F[B-](F)(F)c1cc2ccccc2cc1Cl.[K+]. The third-order valence-corrected chi connectivity index (χ3v) is 2.54. The molecular formula is C10H6BClF3K. The van der Waals surface area contributed by atoms with E-state index in [4.69, 9.17) is 11.6 Å². The maximum absolute atomic E-state index is 12.6. The first-order valence-electron chi connectivity index (χ1n) is 4.36. The van der Waals surface area contributed by atoms with E-state index in [1.54, 1.807) is 24.3 Å². The van der Waals surface area contributed by atoms with Gasteiger partial charge < -0.3 is 12.9 Å². The van der Waals surface area contributed by atoms with E-state index in [2.05, 4.69) is 0 Å². The summed E-state index contributed by atoms with van der Waals surface area (Å²) in [5, 5.41) is 1.03. The standard InChI is InChI=1S/C10H6BClF3.K/c12-10-6-8-4-2-1-3-7(8)5-9(10)11(13,14)15;/h1-6H;/q-1;+1. The normalized spacial score (nSPS) is 11.2. The fourth-order valence-electron chi connectivity index (χ4n) is 1.48. The number of rotatable bonds is 1. The minimum absolute atomic E-state index is 0. The van der Waals surface area contributed by atoms with Crippen LogP contribution in [0.2, 0.25) is 5.02 Å². The molecule has 0 aliphatic rings. The maximum Gasteiger partial charge on any atom is 1.00 e. The fourth-order valence-corrected chi connectivity index (χ4v) is 1.78. The molecule has 0 saturated carbocycles. The molecule has 2 aromatic rings. The summed E-state index contributed by atoms with van der Waals surface area (Å²) in [7, 11) is 0. The fraction of sp³-hybridized carbons (Fsp3) is 0. The van der Waals surface area contributed by atoms with E-state index in [1.165, 1.54) is 6.07 Å². The van der Waals surface area contributed by atoms with Crippen molar-refractivity contribution in [1.29, 1.82) is 0 Å². The van der Waals surface area contributed by atoms with Crippen LogP contribution in [0.25, 0.3) is 10.8 Å². The Labute approximate surface area is 139 Å². The molecule has 0 saturated heterocycles. The first-order chi connectivity index (χ1) is 6.98. The summed E-state index contributed by atoms with van der Waals surface area (Å²) >= 11 is 5.58. The molecule has 0 atom stereocenters. The zero-order valence-electron chi connectivity index (χ0n) is 8.55. The molecule has 0 fully saturated rings. The molecule has 2 aromatic carbocycles. The molecule has 0 heterocycles. The van der Waals surface area contributed by atoms with Gasteiger partial charge in [-0.25, -0.2) is 0 Å². The molecule has 2 rings (SSSR count). The summed E-state index contributed by atoms with van der Waals surface area (Å²) in [6.07, 6.45) is 0. The Hall–Kier alpha value is 0.481. The van der Waals surface area contributed by atoms with E-state index >= 15 is 0 Å². The molecule has 0 spiro atoms. The Morgan fingerprint density at radius 3 is 1.94 bits per heavy atom. The Balaban J connectivity index is 0.00000128. The van der Waals surface area contributed by atoms with Gasteiger partial charge in [0, 0.05) is 5.02 Å². The summed E-state index contributed by atoms with van der Waals surface area (Å²) in [5.41, 5.74) is -0.727. The van der Waals surface area contributed by atoms with Crippen molar-refractivity contribution in [1.82, 2.24) is 0 Å². The smallest absolute Gasteiger partial charge is 0.445 e. The van der Waals surface area contributed by atoms with Gasteiger partial charge in [0.1, 0.15) is 0 Å². The van der Waals surface area contributed by atoms with Gasteiger partial charge in [0.2, 0.25) is 0 Å². The Kier molecular flexibility index (Phi) is 4.92. The van der Waals surface area contributed by atoms with Crippen LogP contribution in [0.5, 0.6) is 0 Å². The summed E-state index contributed by atoms with van der Waals surface area (Å²) < 4.78 is 37.7. The molecule has 0 radical (unpaired) electrons. The van der Waals surface area contributed by atoms with Crippen LogP contribution < -0.4 is 56.8 Å². The van der Waals surface area contributed by atoms with Crippen molar-refractivity contribution in [3.05, 3.63) is 41.4 Å². The molecule has 0 aliphatic heterocycles. The zero-order chi connectivity index (χ0) is 11.1. The van der Waals surface area contributed by atoms with Gasteiger partial charge in [-0.05, 0) is 16.8 Å². The van der Waals surface area contributed by atoms with E-state index in [0.717, 1.165) is 6.07 Å². The van der Waals surface area contributed by atoms with Gasteiger partial charge in [0.25, 0.3) is 0 Å². The van der Waals surface area contributed by atoms with Crippen molar-refractivity contribution < 1.29 is 64.3 Å². The topological polar surface area (TPSA) is 0 Å². The molecule has 78 valence electrons. The van der Waals surface area contributed by atoms with Gasteiger partial charge in [-0.1, -0.05) is 47.4 Å². The molecule has 0 amide bonds. The molecular weight excluding hydrogens is 262 g/mol. The first-order valence-corrected chi connectivity index (χ1v) is 4.74. The minimum Gasteiger partial charge on any atom is -0.445 e. The average Bonchev–Trinajstić information content (AvgIpc) is 2.15. The van der Waals surface area contributed by atoms with Gasteiger partial charge >= 0.3 is 58.4 Å². The Morgan fingerprint density at radius 1 is 0.938 bits per heavy atom. The average molecular weight is 269 g/mol. The summed E-state index contributed by atoms with van der Waals surface area (Å²) in [5.74, 6) is 0. The van der Waals surface area contributed by atoms with Crippen LogP contribution in [0.1, 0.15) is 0 Å². The maximum atomic E-state index is 12.6. The van der Waals surface area contributed by atoms with Crippen molar-refractivity contribution in [3.63, 3.8) is 0 Å². The summed E-state index contributed by atoms with van der Waals surface area (Å²) in [4.78, 5) is 0. The largest absolute Gasteiger partial charge is 1.00 e. The zero-order valence-corrected chi connectivity index (χ0v) is 12.4. The van der Waals surface area contributed by atoms with E-state index in [-0.39, 0.29) is 56.4 Å². The van der Waals surface area contributed by atoms with E-state index in [9.17, 15) is 12.9 Å². The number of hydrogen-bond donors (Lipinski definition) is 0. The van der Waals surface area contributed by atoms with Crippen LogP contribution in [0, 0.1) is 0 Å². The van der Waals surface area contributed by atoms with Crippen LogP contribution in [-0.2, 0) is 0 Å². The minimum atomic E-state index is -5.04. The Morgan fingerprint density at radius 2 is 1.44 bits per heavy atom. The third-order valence-electron chi connectivity index (χ3n) is 2.22. The van der Waals surface area contributed by atoms with E-state index < -0.39 is 12.4 Å². The molecule has 0 nitrogen and oxygen atoms in total. The Bertz CT molecular complexity index is 513. The summed E-state index contributed by atoms with van der Waals surface area (Å²) in [6, 6.07) is 9.27. The number of benzene rings is 2. The predicted molar refractivity (Wildman–Crippen MR) is 57.7 cm³/mol.